The monoisotopic (exact) mass is 176 g/mol. The zero-order valence-electron chi connectivity index (χ0n) is 7.34. The molecule has 0 saturated heterocycles. The van der Waals surface area contributed by atoms with Gasteiger partial charge in [0, 0.05) is 5.41 Å². The van der Waals surface area contributed by atoms with E-state index >= 15 is 0 Å². The fourth-order valence-electron chi connectivity index (χ4n) is 1.35. The maximum absolute atomic E-state index is 13.3. The van der Waals surface area contributed by atoms with E-state index in [-0.39, 0.29) is 11.2 Å². The van der Waals surface area contributed by atoms with Gasteiger partial charge in [0.2, 0.25) is 0 Å². The minimum absolute atomic E-state index is 0.114. The van der Waals surface area contributed by atoms with Crippen molar-refractivity contribution < 1.29 is 4.39 Å². The zero-order valence-corrected chi connectivity index (χ0v) is 7.34. The van der Waals surface area contributed by atoms with E-state index in [1.807, 2.05) is 13.0 Å². The van der Waals surface area contributed by atoms with Gasteiger partial charge < -0.3 is 0 Å². The molecule has 0 unspecified atom stereocenters. The average molecular weight is 176 g/mol. The highest BCUT2D eigenvalue weighted by Gasteiger charge is 2.42. The number of aromatic nitrogens is 1. The largest absolute Gasteiger partial charge is 0.238 e. The van der Waals surface area contributed by atoms with Crippen LogP contribution in [0.25, 0.3) is 0 Å². The summed E-state index contributed by atoms with van der Waals surface area (Å²) in [4.78, 5) is 3.99. The molecule has 0 atom stereocenters. The molecule has 1 aromatic rings. The Morgan fingerprint density at radius 2 is 2.23 bits per heavy atom. The van der Waals surface area contributed by atoms with Gasteiger partial charge in [0.15, 0.2) is 0 Å². The van der Waals surface area contributed by atoms with Crippen LogP contribution in [0.3, 0.4) is 0 Å². The van der Waals surface area contributed by atoms with Gasteiger partial charge in [-0.3, -0.25) is 0 Å². The number of pyridine rings is 1. The third-order valence-electron chi connectivity index (χ3n) is 2.53. The molecule has 1 saturated carbocycles. The summed E-state index contributed by atoms with van der Waals surface area (Å²) in [5.74, 6) is -0.293. The molecule has 2 nitrogen and oxygen atoms in total. The zero-order chi connectivity index (χ0) is 9.47. The lowest BCUT2D eigenvalue weighted by Gasteiger charge is -2.08. The number of halogens is 1. The molecule has 1 heterocycles. The minimum atomic E-state index is -0.293. The smallest absolute Gasteiger partial charge is 0.145 e. The second kappa shape index (κ2) is 2.53. The van der Waals surface area contributed by atoms with Crippen molar-refractivity contribution in [3.05, 3.63) is 29.3 Å². The predicted octanol–water partition coefficient (Wildman–Crippen LogP) is 2.14. The number of nitrogens with zero attached hydrogens (tertiary/aromatic N) is 2. The molecule has 0 N–H and O–H groups in total. The minimum Gasteiger partial charge on any atom is -0.238 e. The van der Waals surface area contributed by atoms with Crippen LogP contribution in [0.4, 0.5) is 4.39 Å². The Hall–Kier alpha value is -1.43. The van der Waals surface area contributed by atoms with Crippen LogP contribution < -0.4 is 0 Å². The summed E-state index contributed by atoms with van der Waals surface area (Å²) >= 11 is 0. The molecule has 13 heavy (non-hydrogen) atoms. The van der Waals surface area contributed by atoms with Crippen molar-refractivity contribution in [1.82, 2.24) is 4.98 Å². The molecule has 0 bridgehead atoms. The van der Waals surface area contributed by atoms with Gasteiger partial charge in [-0.15, -0.1) is 0 Å². The molecule has 66 valence electrons. The molecule has 1 aromatic heterocycles. The van der Waals surface area contributed by atoms with Gasteiger partial charge in [-0.2, -0.15) is 5.26 Å². The Kier molecular flexibility index (Phi) is 1.59. The van der Waals surface area contributed by atoms with Gasteiger partial charge in [0.1, 0.15) is 17.6 Å². The third-order valence-corrected chi connectivity index (χ3v) is 2.53. The first-order chi connectivity index (χ1) is 6.15. The van der Waals surface area contributed by atoms with Crippen molar-refractivity contribution in [1.29, 1.82) is 5.26 Å². The molecule has 0 radical (unpaired) electrons. The molecule has 0 amide bonds. The average Bonchev–Trinajstić information content (AvgIpc) is 2.86. The van der Waals surface area contributed by atoms with E-state index in [0.29, 0.717) is 11.4 Å². The summed E-state index contributed by atoms with van der Waals surface area (Å²) in [5.41, 5.74) is 0.632. The molecule has 0 aromatic carbocycles. The molecule has 3 heteroatoms. The van der Waals surface area contributed by atoms with Crippen LogP contribution in [0, 0.1) is 17.1 Å². The van der Waals surface area contributed by atoms with Crippen molar-refractivity contribution >= 4 is 0 Å². The summed E-state index contributed by atoms with van der Waals surface area (Å²) < 4.78 is 13.3. The lowest BCUT2D eigenvalue weighted by molar-refractivity contribution is 0.569. The molecule has 1 aliphatic rings. The highest BCUT2D eigenvalue weighted by atomic mass is 19.1. The van der Waals surface area contributed by atoms with Gasteiger partial charge in [0.25, 0.3) is 0 Å². The fourth-order valence-corrected chi connectivity index (χ4v) is 1.35. The summed E-state index contributed by atoms with van der Waals surface area (Å²) in [6.45, 7) is 1.97. The van der Waals surface area contributed by atoms with E-state index in [9.17, 15) is 4.39 Å². The van der Waals surface area contributed by atoms with Gasteiger partial charge in [-0.25, -0.2) is 9.37 Å². The maximum Gasteiger partial charge on any atom is 0.145 e. The number of rotatable bonds is 1. The van der Waals surface area contributed by atoms with Crippen LogP contribution in [0.15, 0.2) is 12.1 Å². The Morgan fingerprint density at radius 1 is 1.54 bits per heavy atom. The Balaban J connectivity index is 2.50. The van der Waals surface area contributed by atoms with Crippen molar-refractivity contribution in [2.75, 3.05) is 0 Å². The summed E-state index contributed by atoms with van der Waals surface area (Å²) in [7, 11) is 0. The van der Waals surface area contributed by atoms with Gasteiger partial charge in [0.05, 0.1) is 5.69 Å². The Bertz CT molecular complexity index is 388. The first kappa shape index (κ1) is 8.18. The summed E-state index contributed by atoms with van der Waals surface area (Å²) in [6.07, 6.45) is 1.93. The lowest BCUT2D eigenvalue weighted by atomic mass is 10.0. The maximum atomic E-state index is 13.3. The number of hydrogen-bond acceptors (Lipinski definition) is 2. The quantitative estimate of drug-likeness (QED) is 0.657. The predicted molar refractivity (Wildman–Crippen MR) is 45.5 cm³/mol. The third kappa shape index (κ3) is 1.29. The van der Waals surface area contributed by atoms with Crippen molar-refractivity contribution in [2.24, 2.45) is 0 Å². The topological polar surface area (TPSA) is 36.7 Å². The first-order valence-electron chi connectivity index (χ1n) is 4.23. The molecule has 1 aliphatic carbocycles. The van der Waals surface area contributed by atoms with E-state index in [2.05, 4.69) is 4.98 Å². The molecule has 2 rings (SSSR count). The van der Waals surface area contributed by atoms with Crippen LogP contribution in [-0.2, 0) is 5.41 Å². The Labute approximate surface area is 76.0 Å². The molecular formula is C10H9FN2. The molecule has 1 fully saturated rings. The van der Waals surface area contributed by atoms with Crippen molar-refractivity contribution in [2.45, 2.75) is 25.2 Å². The van der Waals surface area contributed by atoms with E-state index < -0.39 is 0 Å². The van der Waals surface area contributed by atoms with Gasteiger partial charge in [-0.1, -0.05) is 6.92 Å². The highest BCUT2D eigenvalue weighted by molar-refractivity contribution is 5.30. The van der Waals surface area contributed by atoms with Gasteiger partial charge in [-0.05, 0) is 25.0 Å². The van der Waals surface area contributed by atoms with Crippen molar-refractivity contribution in [3.63, 3.8) is 0 Å². The van der Waals surface area contributed by atoms with Gasteiger partial charge >= 0.3 is 0 Å². The molecule has 0 spiro atoms. The van der Waals surface area contributed by atoms with Crippen LogP contribution in [-0.4, -0.2) is 4.98 Å². The van der Waals surface area contributed by atoms with E-state index in [4.69, 9.17) is 5.26 Å². The number of hydrogen-bond donors (Lipinski definition) is 0. The standard InChI is InChI=1S/C10H9FN2/c1-10(4-5-10)9-8(11)3-2-7(6-12)13-9/h2-3H,4-5H2,1H3. The molecule has 0 aliphatic heterocycles. The fraction of sp³-hybridized carbons (Fsp3) is 0.400. The van der Waals surface area contributed by atoms with Crippen LogP contribution in [0.5, 0.6) is 0 Å². The number of nitriles is 1. The van der Waals surface area contributed by atoms with E-state index in [1.165, 1.54) is 12.1 Å². The summed E-state index contributed by atoms with van der Waals surface area (Å²) in [5, 5.41) is 8.60. The van der Waals surface area contributed by atoms with Crippen LogP contribution >= 0.6 is 0 Å². The second-order valence-electron chi connectivity index (χ2n) is 3.70. The first-order valence-corrected chi connectivity index (χ1v) is 4.23. The normalized spacial score (nSPS) is 17.9. The second-order valence-corrected chi connectivity index (χ2v) is 3.70. The van der Waals surface area contributed by atoms with Crippen LogP contribution in [0.2, 0.25) is 0 Å². The van der Waals surface area contributed by atoms with E-state index in [1.54, 1.807) is 0 Å². The highest BCUT2D eigenvalue weighted by Crippen LogP contribution is 2.47. The van der Waals surface area contributed by atoms with Crippen molar-refractivity contribution in [3.8, 4) is 6.07 Å². The molecular weight excluding hydrogens is 167 g/mol. The van der Waals surface area contributed by atoms with E-state index in [0.717, 1.165) is 12.8 Å². The lowest BCUT2D eigenvalue weighted by Crippen LogP contribution is -2.07. The SMILES string of the molecule is CC1(c2nc(C#N)ccc2F)CC1. The summed E-state index contributed by atoms with van der Waals surface area (Å²) in [6, 6.07) is 4.65. The van der Waals surface area contributed by atoms with Crippen LogP contribution in [0.1, 0.15) is 31.2 Å². The Morgan fingerprint density at radius 3 is 2.77 bits per heavy atom.